The van der Waals surface area contributed by atoms with Gasteiger partial charge in [-0.3, -0.25) is 4.79 Å². The number of sulfonamides is 1. The minimum Gasteiger partial charge on any atom is -0.469 e. The summed E-state index contributed by atoms with van der Waals surface area (Å²) in [6, 6.07) is 21.5. The van der Waals surface area contributed by atoms with Crippen molar-refractivity contribution in [1.29, 1.82) is 0 Å². The predicted molar refractivity (Wildman–Crippen MR) is 147 cm³/mol. The summed E-state index contributed by atoms with van der Waals surface area (Å²) < 4.78 is 44.8. The molecule has 0 radical (unpaired) electrons. The number of methoxy groups -OCH3 is 1. The highest BCUT2D eigenvalue weighted by Crippen LogP contribution is 2.30. The number of nitrogens with zero attached hydrogens (tertiary/aromatic N) is 1. The van der Waals surface area contributed by atoms with Crippen molar-refractivity contribution in [2.45, 2.75) is 38.1 Å². The highest BCUT2D eigenvalue weighted by atomic mass is 32.2. The molecule has 0 unspecified atom stereocenters. The Kier molecular flexibility index (Phi) is 8.83. The highest BCUT2D eigenvalue weighted by molar-refractivity contribution is 7.89. The molecule has 0 bridgehead atoms. The normalized spacial score (nSPS) is 11.6. The van der Waals surface area contributed by atoms with Crippen LogP contribution in [0.5, 0.6) is 0 Å². The lowest BCUT2D eigenvalue weighted by molar-refractivity contribution is -0.139. The number of ether oxygens (including phenoxy) is 2. The molecule has 0 spiro atoms. The van der Waals surface area contributed by atoms with Gasteiger partial charge in [0.1, 0.15) is 5.58 Å². The molecule has 39 heavy (non-hydrogen) atoms. The van der Waals surface area contributed by atoms with Gasteiger partial charge in [0.15, 0.2) is 0 Å². The first-order valence-electron chi connectivity index (χ1n) is 12.6. The lowest BCUT2D eigenvalue weighted by Crippen LogP contribution is -2.32. The van der Waals surface area contributed by atoms with Crippen LogP contribution in [-0.2, 0) is 43.7 Å². The minimum absolute atomic E-state index is 0.0642. The van der Waals surface area contributed by atoms with E-state index in [4.69, 9.17) is 13.9 Å². The molecule has 1 heterocycles. The first kappa shape index (κ1) is 28.1. The summed E-state index contributed by atoms with van der Waals surface area (Å²) in [5.74, 6) is -0.865. The van der Waals surface area contributed by atoms with Gasteiger partial charge in [0.05, 0.1) is 25.0 Å². The Hall–Kier alpha value is -3.95. The zero-order valence-corrected chi connectivity index (χ0v) is 23.0. The van der Waals surface area contributed by atoms with Gasteiger partial charge in [-0.25, -0.2) is 13.2 Å². The highest BCUT2D eigenvalue weighted by Gasteiger charge is 2.27. The summed E-state index contributed by atoms with van der Waals surface area (Å²) in [5.41, 5.74) is 3.52. The molecule has 4 aromatic rings. The molecular weight excluding hydrogens is 518 g/mol. The fraction of sp³-hybridized carbons (Fsp3) is 0.267. The Labute approximate surface area is 228 Å². The summed E-state index contributed by atoms with van der Waals surface area (Å²) in [7, 11) is -2.59. The topological polar surface area (TPSA) is 103 Å². The summed E-state index contributed by atoms with van der Waals surface area (Å²) in [6.45, 7) is 4.01. The van der Waals surface area contributed by atoms with Crippen molar-refractivity contribution in [3.8, 4) is 0 Å². The molecule has 0 aliphatic carbocycles. The third-order valence-electron chi connectivity index (χ3n) is 6.46. The van der Waals surface area contributed by atoms with Gasteiger partial charge in [0, 0.05) is 24.0 Å². The summed E-state index contributed by atoms with van der Waals surface area (Å²) in [6.07, 6.45) is 0.672. The van der Waals surface area contributed by atoms with E-state index in [1.54, 1.807) is 38.1 Å². The van der Waals surface area contributed by atoms with E-state index in [1.807, 2.05) is 42.5 Å². The number of esters is 2. The van der Waals surface area contributed by atoms with Crippen LogP contribution >= 0.6 is 0 Å². The van der Waals surface area contributed by atoms with Crippen LogP contribution in [0.2, 0.25) is 0 Å². The first-order valence-corrected chi connectivity index (χ1v) is 14.1. The van der Waals surface area contributed by atoms with Crippen LogP contribution in [0.25, 0.3) is 11.0 Å². The quantitative estimate of drug-likeness (QED) is 0.241. The molecule has 0 aliphatic rings. The van der Waals surface area contributed by atoms with Gasteiger partial charge < -0.3 is 13.9 Å². The average molecular weight is 550 g/mol. The maximum absolute atomic E-state index is 13.9. The number of carbonyl (C=O) groups excluding carboxylic acids is 2. The lowest BCUT2D eigenvalue weighted by Gasteiger charge is -2.23. The van der Waals surface area contributed by atoms with E-state index >= 15 is 0 Å². The molecule has 3 aromatic carbocycles. The molecule has 8 nitrogen and oxygen atoms in total. The number of furan rings is 1. The van der Waals surface area contributed by atoms with Gasteiger partial charge in [0.2, 0.25) is 15.8 Å². The molecule has 0 saturated carbocycles. The number of carbonyl (C=O) groups is 2. The third-order valence-corrected chi connectivity index (χ3v) is 8.30. The van der Waals surface area contributed by atoms with Crippen LogP contribution in [0.15, 0.2) is 82.1 Å². The van der Waals surface area contributed by atoms with E-state index in [1.165, 1.54) is 17.5 Å². The molecule has 9 heteroatoms. The monoisotopic (exact) mass is 549 g/mol. The van der Waals surface area contributed by atoms with Gasteiger partial charge in [-0.05, 0) is 55.2 Å². The van der Waals surface area contributed by atoms with Gasteiger partial charge in [-0.15, -0.1) is 0 Å². The molecule has 0 saturated heterocycles. The fourth-order valence-corrected chi connectivity index (χ4v) is 5.74. The van der Waals surface area contributed by atoms with Crippen molar-refractivity contribution in [2.75, 3.05) is 20.3 Å². The van der Waals surface area contributed by atoms with E-state index < -0.39 is 16.0 Å². The molecular formula is C30H31NO7S. The minimum atomic E-state index is -3.93. The van der Waals surface area contributed by atoms with Crippen molar-refractivity contribution in [1.82, 2.24) is 4.31 Å². The largest absolute Gasteiger partial charge is 0.469 e. The van der Waals surface area contributed by atoms with E-state index in [9.17, 15) is 18.0 Å². The fourth-order valence-electron chi connectivity index (χ4n) is 4.29. The standard InChI is InChI=1S/C30H31NO7S/c1-4-37-30(33)29-21(2)26-19-25(14-15-27(26)38-29)39(34,35)31(17-16-22-8-6-5-7-9-22)20-24-12-10-23(11-13-24)18-28(32)36-3/h5-15,19H,4,16-18,20H2,1-3H3. The Balaban J connectivity index is 1.65. The van der Waals surface area contributed by atoms with Gasteiger partial charge in [-0.1, -0.05) is 54.6 Å². The van der Waals surface area contributed by atoms with Crippen molar-refractivity contribution in [2.24, 2.45) is 0 Å². The Morgan fingerprint density at radius 2 is 1.62 bits per heavy atom. The molecule has 0 aliphatic heterocycles. The Bertz CT molecular complexity index is 1560. The number of aryl methyl sites for hydroxylation is 1. The molecule has 0 fully saturated rings. The second-order valence-electron chi connectivity index (χ2n) is 9.08. The molecule has 204 valence electrons. The van der Waals surface area contributed by atoms with Crippen LogP contribution in [0.4, 0.5) is 0 Å². The van der Waals surface area contributed by atoms with Gasteiger partial charge >= 0.3 is 11.9 Å². The van der Waals surface area contributed by atoms with Crippen LogP contribution in [0.1, 0.15) is 39.7 Å². The van der Waals surface area contributed by atoms with E-state index in [0.717, 1.165) is 16.7 Å². The Morgan fingerprint density at radius 1 is 0.923 bits per heavy atom. The number of benzene rings is 3. The maximum Gasteiger partial charge on any atom is 0.374 e. The number of hydrogen-bond donors (Lipinski definition) is 0. The maximum atomic E-state index is 13.9. The smallest absolute Gasteiger partial charge is 0.374 e. The van der Waals surface area contributed by atoms with Gasteiger partial charge in [-0.2, -0.15) is 4.31 Å². The summed E-state index contributed by atoms with van der Waals surface area (Å²) in [5, 5.41) is 0.536. The number of fused-ring (bicyclic) bond motifs is 1. The zero-order chi connectivity index (χ0) is 28.0. The summed E-state index contributed by atoms with van der Waals surface area (Å²) in [4.78, 5) is 24.0. The van der Waals surface area contributed by atoms with Crippen LogP contribution in [-0.4, -0.2) is 44.9 Å². The second kappa shape index (κ2) is 12.3. The van der Waals surface area contributed by atoms with Crippen LogP contribution < -0.4 is 0 Å². The zero-order valence-electron chi connectivity index (χ0n) is 22.2. The van der Waals surface area contributed by atoms with Crippen molar-refractivity contribution < 1.29 is 31.9 Å². The van der Waals surface area contributed by atoms with Crippen molar-refractivity contribution in [3.63, 3.8) is 0 Å². The van der Waals surface area contributed by atoms with Crippen LogP contribution in [0.3, 0.4) is 0 Å². The van der Waals surface area contributed by atoms with Crippen molar-refractivity contribution in [3.05, 3.63) is 101 Å². The third kappa shape index (κ3) is 6.55. The Morgan fingerprint density at radius 3 is 2.28 bits per heavy atom. The molecule has 1 aromatic heterocycles. The molecule has 0 amide bonds. The number of rotatable bonds is 11. The van der Waals surface area contributed by atoms with E-state index in [2.05, 4.69) is 0 Å². The number of hydrogen-bond acceptors (Lipinski definition) is 7. The molecule has 0 N–H and O–H groups in total. The lowest BCUT2D eigenvalue weighted by atomic mass is 10.1. The SMILES string of the molecule is CCOC(=O)c1oc2ccc(S(=O)(=O)N(CCc3ccccc3)Cc3ccc(CC(=O)OC)cc3)cc2c1C. The van der Waals surface area contributed by atoms with Crippen LogP contribution in [0, 0.1) is 6.92 Å². The second-order valence-corrected chi connectivity index (χ2v) is 11.0. The van der Waals surface area contributed by atoms with Crippen molar-refractivity contribution >= 4 is 32.9 Å². The average Bonchev–Trinajstić information content (AvgIpc) is 3.28. The van der Waals surface area contributed by atoms with E-state index in [0.29, 0.717) is 23.0 Å². The van der Waals surface area contributed by atoms with E-state index in [-0.39, 0.29) is 42.7 Å². The molecule has 0 atom stereocenters. The summed E-state index contributed by atoms with van der Waals surface area (Å²) >= 11 is 0. The molecule has 4 rings (SSSR count). The predicted octanol–water partition coefficient (Wildman–Crippen LogP) is 5.07. The van der Waals surface area contributed by atoms with Gasteiger partial charge in [0.25, 0.3) is 0 Å². The first-order chi connectivity index (χ1) is 18.7.